The smallest absolute Gasteiger partial charge is 0.254 e. The molecule has 152 valence electrons. The number of benzene rings is 1. The normalized spacial score (nSPS) is 14.6. The third kappa shape index (κ3) is 4.16. The predicted octanol–water partition coefficient (Wildman–Crippen LogP) is 4.03. The van der Waals surface area contributed by atoms with Gasteiger partial charge in [-0.05, 0) is 31.6 Å². The first-order chi connectivity index (χ1) is 13.4. The first-order valence-electron chi connectivity index (χ1n) is 9.03. The number of carbonyl (C=O) groups excluding carboxylic acids is 1. The van der Waals surface area contributed by atoms with Crippen molar-refractivity contribution in [3.05, 3.63) is 40.7 Å². The lowest BCUT2D eigenvalue weighted by atomic mass is 10.1. The molecule has 1 N–H and O–H groups in total. The molecule has 0 bridgehead atoms. The number of thioether (sulfide) groups is 1. The average molecular weight is 416 g/mol. The molecule has 1 amide bonds. The van der Waals surface area contributed by atoms with Crippen molar-refractivity contribution in [3.63, 3.8) is 0 Å². The molecule has 1 aliphatic carbocycles. The van der Waals surface area contributed by atoms with Gasteiger partial charge < -0.3 is 9.88 Å². The van der Waals surface area contributed by atoms with Crippen molar-refractivity contribution in [2.75, 3.05) is 12.8 Å². The molecule has 1 aromatic heterocycles. The molecule has 1 saturated carbocycles. The quantitative estimate of drug-likeness (QED) is 0.243. The Morgan fingerprint density at radius 3 is 2.57 bits per heavy atom. The molecule has 3 rings (SSSR count). The molecule has 0 aliphatic heterocycles. The van der Waals surface area contributed by atoms with Crippen LogP contribution in [-0.4, -0.2) is 33.5 Å². The lowest BCUT2D eigenvalue weighted by Gasteiger charge is -2.16. The van der Waals surface area contributed by atoms with Gasteiger partial charge >= 0.3 is 0 Å². The Balaban J connectivity index is 1.60. The Hall–Kier alpha value is -2.10. The summed E-state index contributed by atoms with van der Waals surface area (Å²) in [5, 5.41) is 11.7. The van der Waals surface area contributed by atoms with E-state index >= 15 is 0 Å². The van der Waals surface area contributed by atoms with Crippen molar-refractivity contribution in [3.8, 4) is 0 Å². The van der Waals surface area contributed by atoms with Crippen LogP contribution in [0.5, 0.6) is 0 Å². The Kier molecular flexibility index (Phi) is 6.58. The minimum Gasteiger partial charge on any atom is -0.352 e. The Labute approximate surface area is 163 Å². The van der Waals surface area contributed by atoms with Crippen molar-refractivity contribution in [1.29, 1.82) is 0 Å². The molecule has 0 spiro atoms. The zero-order valence-corrected chi connectivity index (χ0v) is 16.1. The van der Waals surface area contributed by atoms with Gasteiger partial charge in [0.15, 0.2) is 28.4 Å². The van der Waals surface area contributed by atoms with E-state index in [4.69, 9.17) is 0 Å². The van der Waals surface area contributed by atoms with E-state index in [-0.39, 0.29) is 6.54 Å². The molecule has 10 heteroatoms. The molecule has 0 saturated heterocycles. The van der Waals surface area contributed by atoms with Crippen LogP contribution in [0.1, 0.15) is 54.3 Å². The molecule has 1 aliphatic rings. The van der Waals surface area contributed by atoms with Crippen molar-refractivity contribution >= 4 is 17.7 Å². The van der Waals surface area contributed by atoms with Crippen LogP contribution in [0.15, 0.2) is 11.2 Å². The van der Waals surface area contributed by atoms with Gasteiger partial charge in [-0.15, -0.1) is 10.2 Å². The standard InChI is InChI=1S/C18H20F4N4OS/c1-28-18-25-24-13(26(18)10-5-2-3-6-10)7-4-8-23-17(27)11-9-12(19)15(21)16(22)14(11)20/h9-10H,2-8H2,1H3,(H,23,27). The third-order valence-electron chi connectivity index (χ3n) is 4.82. The maximum Gasteiger partial charge on any atom is 0.254 e. The molecule has 1 aromatic carbocycles. The van der Waals surface area contributed by atoms with Gasteiger partial charge in [0.05, 0.1) is 5.56 Å². The molecule has 5 nitrogen and oxygen atoms in total. The van der Waals surface area contributed by atoms with E-state index in [1.807, 2.05) is 6.26 Å². The number of aromatic nitrogens is 3. The van der Waals surface area contributed by atoms with Gasteiger partial charge in [-0.1, -0.05) is 24.6 Å². The topological polar surface area (TPSA) is 59.8 Å². The zero-order valence-electron chi connectivity index (χ0n) is 15.3. The van der Waals surface area contributed by atoms with Crippen LogP contribution in [0.4, 0.5) is 17.6 Å². The summed E-state index contributed by atoms with van der Waals surface area (Å²) in [6, 6.07) is 0.728. The van der Waals surface area contributed by atoms with Gasteiger partial charge in [0.2, 0.25) is 0 Å². The molecular formula is C18H20F4N4OS. The lowest BCUT2D eigenvalue weighted by molar-refractivity contribution is 0.0947. The van der Waals surface area contributed by atoms with Gasteiger partial charge in [-0.25, -0.2) is 17.6 Å². The van der Waals surface area contributed by atoms with Crippen LogP contribution >= 0.6 is 11.8 Å². The monoisotopic (exact) mass is 416 g/mol. The number of hydrogen-bond donors (Lipinski definition) is 1. The number of rotatable bonds is 7. The van der Waals surface area contributed by atoms with Crippen molar-refractivity contribution in [1.82, 2.24) is 20.1 Å². The number of nitrogens with one attached hydrogen (secondary N) is 1. The zero-order chi connectivity index (χ0) is 20.3. The number of halogens is 4. The largest absolute Gasteiger partial charge is 0.352 e. The molecule has 0 atom stereocenters. The molecule has 28 heavy (non-hydrogen) atoms. The lowest BCUT2D eigenvalue weighted by Crippen LogP contribution is -2.27. The van der Waals surface area contributed by atoms with Gasteiger partial charge in [0.1, 0.15) is 5.82 Å². The highest BCUT2D eigenvalue weighted by Gasteiger charge is 2.24. The van der Waals surface area contributed by atoms with Gasteiger partial charge in [0, 0.05) is 19.0 Å². The summed E-state index contributed by atoms with van der Waals surface area (Å²) in [7, 11) is 0. The van der Waals surface area contributed by atoms with E-state index in [1.165, 1.54) is 24.6 Å². The van der Waals surface area contributed by atoms with Crippen LogP contribution in [0.2, 0.25) is 0 Å². The fourth-order valence-electron chi connectivity index (χ4n) is 3.43. The fourth-order valence-corrected chi connectivity index (χ4v) is 4.00. The minimum atomic E-state index is -2.00. The third-order valence-corrected chi connectivity index (χ3v) is 5.46. The van der Waals surface area contributed by atoms with Crippen LogP contribution in [0.3, 0.4) is 0 Å². The Bertz CT molecular complexity index is 868. The highest BCUT2D eigenvalue weighted by atomic mass is 32.2. The molecule has 1 heterocycles. The molecule has 0 radical (unpaired) electrons. The molecule has 2 aromatic rings. The molecular weight excluding hydrogens is 396 g/mol. The van der Waals surface area contributed by atoms with Crippen LogP contribution < -0.4 is 5.32 Å². The maximum absolute atomic E-state index is 13.7. The summed E-state index contributed by atoms with van der Waals surface area (Å²) in [6.45, 7) is 0.144. The van der Waals surface area contributed by atoms with Crippen LogP contribution in [0, 0.1) is 23.3 Å². The van der Waals surface area contributed by atoms with Gasteiger partial charge in [-0.3, -0.25) is 4.79 Å². The predicted molar refractivity (Wildman–Crippen MR) is 96.2 cm³/mol. The fraction of sp³-hybridized carbons (Fsp3) is 0.500. The SMILES string of the molecule is CSc1nnc(CCCNC(=O)c2cc(F)c(F)c(F)c2F)n1C1CCCC1. The Morgan fingerprint density at radius 2 is 1.89 bits per heavy atom. The van der Waals surface area contributed by atoms with E-state index in [1.54, 1.807) is 0 Å². The first-order valence-corrected chi connectivity index (χ1v) is 10.3. The summed E-state index contributed by atoms with van der Waals surface area (Å²) in [5.74, 6) is -7.45. The highest BCUT2D eigenvalue weighted by Crippen LogP contribution is 2.33. The maximum atomic E-state index is 13.7. The van der Waals surface area contributed by atoms with E-state index in [0.29, 0.717) is 24.9 Å². The second kappa shape index (κ2) is 8.93. The van der Waals surface area contributed by atoms with Crippen molar-refractivity contribution in [2.45, 2.75) is 49.7 Å². The average Bonchev–Trinajstić information content (AvgIpc) is 3.35. The Morgan fingerprint density at radius 1 is 1.18 bits per heavy atom. The van der Waals surface area contributed by atoms with Gasteiger partial charge in [0.25, 0.3) is 5.91 Å². The number of hydrogen-bond acceptors (Lipinski definition) is 4. The highest BCUT2D eigenvalue weighted by molar-refractivity contribution is 7.98. The number of nitrogens with zero attached hydrogens (tertiary/aromatic N) is 3. The van der Waals surface area contributed by atoms with Crippen molar-refractivity contribution in [2.24, 2.45) is 0 Å². The number of carbonyl (C=O) groups is 1. The number of amides is 1. The second-order valence-electron chi connectivity index (χ2n) is 6.62. The minimum absolute atomic E-state index is 0.144. The van der Waals surface area contributed by atoms with Crippen LogP contribution in [-0.2, 0) is 6.42 Å². The van der Waals surface area contributed by atoms with Crippen molar-refractivity contribution < 1.29 is 22.4 Å². The number of aryl methyl sites for hydroxylation is 1. The van der Waals surface area contributed by atoms with E-state index in [9.17, 15) is 22.4 Å². The first kappa shape index (κ1) is 20.6. The van der Waals surface area contributed by atoms with E-state index in [0.717, 1.165) is 23.8 Å². The summed E-state index contributed by atoms with van der Waals surface area (Å²) < 4.78 is 55.3. The second-order valence-corrected chi connectivity index (χ2v) is 7.39. The van der Waals surface area contributed by atoms with E-state index in [2.05, 4.69) is 20.1 Å². The molecule has 1 fully saturated rings. The molecule has 0 unspecified atom stereocenters. The summed E-state index contributed by atoms with van der Waals surface area (Å²) in [4.78, 5) is 12.0. The van der Waals surface area contributed by atoms with E-state index < -0.39 is 34.7 Å². The van der Waals surface area contributed by atoms with Gasteiger partial charge in [-0.2, -0.15) is 0 Å². The summed E-state index contributed by atoms with van der Waals surface area (Å²) in [5.41, 5.74) is -0.866. The summed E-state index contributed by atoms with van der Waals surface area (Å²) in [6.07, 6.45) is 7.46. The van der Waals surface area contributed by atoms with Crippen LogP contribution in [0.25, 0.3) is 0 Å². The summed E-state index contributed by atoms with van der Waals surface area (Å²) >= 11 is 1.53.